The Morgan fingerprint density at radius 1 is 1.12 bits per heavy atom. The van der Waals surface area contributed by atoms with Crippen LogP contribution in [0.4, 0.5) is 5.69 Å². The van der Waals surface area contributed by atoms with Crippen LogP contribution in [-0.4, -0.2) is 20.8 Å². The van der Waals surface area contributed by atoms with E-state index in [-0.39, 0.29) is 5.91 Å². The predicted octanol–water partition coefficient (Wildman–Crippen LogP) is 4.16. The molecule has 1 atom stereocenters. The molecule has 1 amide bonds. The molecule has 3 heterocycles. The van der Waals surface area contributed by atoms with E-state index >= 15 is 0 Å². The summed E-state index contributed by atoms with van der Waals surface area (Å²) in [5.41, 5.74) is 4.40. The number of fused-ring (bicyclic) bond motifs is 1. The molecule has 0 radical (unpaired) electrons. The number of furan rings is 1. The Morgan fingerprint density at radius 2 is 1.97 bits per heavy atom. The molecule has 0 spiro atoms. The highest BCUT2D eigenvalue weighted by Gasteiger charge is 2.23. The summed E-state index contributed by atoms with van der Waals surface area (Å²) in [5.74, 6) is 0.529. The first kappa shape index (κ1) is 20.0. The van der Waals surface area contributed by atoms with Gasteiger partial charge < -0.3 is 14.3 Å². The number of benzene rings is 1. The number of amides is 1. The number of carbonyl (C=O) groups excluding carboxylic acids is 1. The first-order chi connectivity index (χ1) is 15.5. The Morgan fingerprint density at radius 3 is 2.72 bits per heavy atom. The van der Waals surface area contributed by atoms with Crippen molar-refractivity contribution in [2.75, 3.05) is 5.32 Å². The summed E-state index contributed by atoms with van der Waals surface area (Å²) >= 11 is 0. The number of rotatable bonds is 5. The molecule has 0 bridgehead atoms. The molecule has 3 aromatic heterocycles. The maximum absolute atomic E-state index is 13.0. The molecule has 4 aromatic rings. The van der Waals surface area contributed by atoms with E-state index in [4.69, 9.17) is 8.94 Å². The third-order valence-corrected chi connectivity index (χ3v) is 5.72. The van der Waals surface area contributed by atoms with E-state index in [0.717, 1.165) is 29.6 Å². The highest BCUT2D eigenvalue weighted by atomic mass is 16.5. The van der Waals surface area contributed by atoms with Crippen LogP contribution in [0.25, 0.3) is 22.8 Å². The number of carbonyl (C=O) groups is 1. The van der Waals surface area contributed by atoms with Crippen molar-refractivity contribution in [3.63, 3.8) is 0 Å². The molecule has 8 heteroatoms. The molecule has 1 aliphatic rings. The highest BCUT2D eigenvalue weighted by molar-refractivity contribution is 5.93. The van der Waals surface area contributed by atoms with Gasteiger partial charge in [-0.1, -0.05) is 11.2 Å². The average molecular weight is 430 g/mol. The third kappa shape index (κ3) is 3.64. The maximum Gasteiger partial charge on any atom is 0.268 e. The number of aryl methyl sites for hydroxylation is 3. The Balaban J connectivity index is 1.49. The number of anilines is 1. The van der Waals surface area contributed by atoms with Gasteiger partial charge in [0.25, 0.3) is 5.56 Å². The lowest BCUT2D eigenvalue weighted by Gasteiger charge is -2.16. The molecule has 8 nitrogen and oxygen atoms in total. The first-order valence-corrected chi connectivity index (χ1v) is 10.5. The topological polar surface area (TPSA) is 103 Å². The zero-order chi connectivity index (χ0) is 22.2. The van der Waals surface area contributed by atoms with E-state index in [1.165, 1.54) is 23.5 Å². The molecule has 0 aliphatic heterocycles. The second-order valence-electron chi connectivity index (χ2n) is 8.00. The van der Waals surface area contributed by atoms with Crippen LogP contribution in [0.2, 0.25) is 0 Å². The van der Waals surface area contributed by atoms with Crippen molar-refractivity contribution in [3.8, 4) is 22.8 Å². The van der Waals surface area contributed by atoms with Gasteiger partial charge in [-0.3, -0.25) is 9.59 Å². The van der Waals surface area contributed by atoms with Gasteiger partial charge in [0.05, 0.1) is 17.5 Å². The minimum Gasteiger partial charge on any atom is -0.463 e. The molecule has 162 valence electrons. The molecular weight excluding hydrogens is 408 g/mol. The highest BCUT2D eigenvalue weighted by Crippen LogP contribution is 2.30. The van der Waals surface area contributed by atoms with Gasteiger partial charge in [-0.2, -0.15) is 5.10 Å². The number of nitrogens with zero attached hydrogens (tertiary/aromatic N) is 3. The molecular formula is C24H22N4O4. The van der Waals surface area contributed by atoms with E-state index in [9.17, 15) is 9.59 Å². The fourth-order valence-corrected chi connectivity index (χ4v) is 4.03. The van der Waals surface area contributed by atoms with Gasteiger partial charge >= 0.3 is 0 Å². The lowest BCUT2D eigenvalue weighted by molar-refractivity contribution is -0.119. The molecule has 0 saturated carbocycles. The van der Waals surface area contributed by atoms with Crippen molar-refractivity contribution in [1.82, 2.24) is 14.9 Å². The molecule has 0 saturated heterocycles. The summed E-state index contributed by atoms with van der Waals surface area (Å²) in [7, 11) is 0. The Hall–Kier alpha value is -3.94. The van der Waals surface area contributed by atoms with Gasteiger partial charge in [0.1, 0.15) is 11.7 Å². The van der Waals surface area contributed by atoms with Crippen molar-refractivity contribution in [1.29, 1.82) is 0 Å². The smallest absolute Gasteiger partial charge is 0.268 e. The minimum absolute atomic E-state index is 0.328. The van der Waals surface area contributed by atoms with Crippen LogP contribution in [-0.2, 0) is 17.6 Å². The Kier molecular flexibility index (Phi) is 4.97. The van der Waals surface area contributed by atoms with Crippen LogP contribution < -0.4 is 10.9 Å². The van der Waals surface area contributed by atoms with Gasteiger partial charge in [0, 0.05) is 17.8 Å². The van der Waals surface area contributed by atoms with Crippen molar-refractivity contribution in [2.45, 2.75) is 39.2 Å². The summed E-state index contributed by atoms with van der Waals surface area (Å²) in [6.45, 7) is 3.43. The van der Waals surface area contributed by atoms with Crippen molar-refractivity contribution < 1.29 is 13.7 Å². The standard InChI is InChI=1S/C24H22N4O4/c1-14-11-21(32-27-14)19-13-22(29)28(26-23(19)20-7-4-10-31-20)15(2)24(30)25-18-9-8-16-5-3-6-17(16)12-18/h4,7-13,15H,3,5-6H2,1-2H3,(H,25,30). The summed E-state index contributed by atoms with van der Waals surface area (Å²) in [6, 6.07) is 11.7. The maximum atomic E-state index is 13.0. The number of hydrogen-bond acceptors (Lipinski definition) is 6. The van der Waals surface area contributed by atoms with Gasteiger partial charge in [-0.15, -0.1) is 0 Å². The van der Waals surface area contributed by atoms with E-state index in [1.54, 1.807) is 32.0 Å². The van der Waals surface area contributed by atoms with Crippen LogP contribution in [0.3, 0.4) is 0 Å². The number of aromatic nitrogens is 3. The van der Waals surface area contributed by atoms with Crippen LogP contribution in [0.5, 0.6) is 0 Å². The molecule has 1 unspecified atom stereocenters. The van der Waals surface area contributed by atoms with Crippen LogP contribution in [0.15, 0.2) is 62.5 Å². The van der Waals surface area contributed by atoms with Gasteiger partial charge in [-0.05, 0) is 68.5 Å². The molecule has 1 N–H and O–H groups in total. The first-order valence-electron chi connectivity index (χ1n) is 10.5. The van der Waals surface area contributed by atoms with E-state index in [1.807, 2.05) is 12.1 Å². The van der Waals surface area contributed by atoms with Crippen LogP contribution in [0.1, 0.15) is 36.2 Å². The zero-order valence-corrected chi connectivity index (χ0v) is 17.8. The molecule has 1 aromatic carbocycles. The summed E-state index contributed by atoms with van der Waals surface area (Å²) < 4.78 is 12.0. The van der Waals surface area contributed by atoms with Gasteiger partial charge in [-0.25, -0.2) is 4.68 Å². The van der Waals surface area contributed by atoms with Crippen LogP contribution in [0, 0.1) is 6.92 Å². The van der Waals surface area contributed by atoms with E-state index in [0.29, 0.717) is 28.5 Å². The fraction of sp³-hybridized carbons (Fsp3) is 0.250. The number of nitrogens with one attached hydrogen (secondary N) is 1. The van der Waals surface area contributed by atoms with Crippen molar-refractivity contribution >= 4 is 11.6 Å². The number of hydrogen-bond donors (Lipinski definition) is 1. The second-order valence-corrected chi connectivity index (χ2v) is 8.00. The Bertz CT molecular complexity index is 1350. The summed E-state index contributed by atoms with van der Waals surface area (Å²) in [5, 5.41) is 11.3. The largest absolute Gasteiger partial charge is 0.463 e. The fourth-order valence-electron chi connectivity index (χ4n) is 4.03. The lowest BCUT2D eigenvalue weighted by Crippen LogP contribution is -2.33. The molecule has 0 fully saturated rings. The Labute approximate surface area is 183 Å². The SMILES string of the molecule is Cc1cc(-c2cc(=O)n(C(C)C(=O)Nc3ccc4c(c3)CCC4)nc2-c2ccco2)on1. The summed E-state index contributed by atoms with van der Waals surface area (Å²) in [6.07, 6.45) is 4.75. The van der Waals surface area contributed by atoms with Gasteiger partial charge in [0.15, 0.2) is 11.5 Å². The molecule has 5 rings (SSSR count). The normalized spacial score (nSPS) is 13.7. The molecule has 32 heavy (non-hydrogen) atoms. The quantitative estimate of drug-likeness (QED) is 0.510. The van der Waals surface area contributed by atoms with Crippen molar-refractivity contribution in [2.24, 2.45) is 0 Å². The van der Waals surface area contributed by atoms with Crippen LogP contribution >= 0.6 is 0 Å². The molecule has 1 aliphatic carbocycles. The van der Waals surface area contributed by atoms with E-state index in [2.05, 4.69) is 21.6 Å². The lowest BCUT2D eigenvalue weighted by atomic mass is 10.1. The summed E-state index contributed by atoms with van der Waals surface area (Å²) in [4.78, 5) is 25.9. The third-order valence-electron chi connectivity index (χ3n) is 5.72. The van der Waals surface area contributed by atoms with Crippen molar-refractivity contribution in [3.05, 3.63) is 75.9 Å². The predicted molar refractivity (Wildman–Crippen MR) is 118 cm³/mol. The minimum atomic E-state index is -0.838. The average Bonchev–Trinajstić information content (AvgIpc) is 3.54. The van der Waals surface area contributed by atoms with E-state index < -0.39 is 11.6 Å². The monoisotopic (exact) mass is 430 g/mol. The van der Waals surface area contributed by atoms with Gasteiger partial charge in [0.2, 0.25) is 5.91 Å². The zero-order valence-electron chi connectivity index (χ0n) is 17.8. The second kappa shape index (κ2) is 7.96.